The van der Waals surface area contributed by atoms with Gasteiger partial charge in [0, 0.05) is 0 Å². The summed E-state index contributed by atoms with van der Waals surface area (Å²) in [6.07, 6.45) is 6.23. The Morgan fingerprint density at radius 3 is 2.07 bits per heavy atom. The Kier molecular flexibility index (Phi) is 7.35. The number of benzene rings is 1. The SMILES string of the molecule is C/C=C\C=C(/C)c1ccc(C)cc1.CC. The van der Waals surface area contributed by atoms with Gasteiger partial charge in [-0.05, 0) is 31.9 Å². The molecule has 0 saturated carbocycles. The van der Waals surface area contributed by atoms with Crippen molar-refractivity contribution in [1.82, 2.24) is 0 Å². The zero-order valence-electron chi connectivity index (χ0n) is 10.5. The van der Waals surface area contributed by atoms with E-state index in [0.29, 0.717) is 0 Å². The molecule has 0 aromatic heterocycles. The fourth-order valence-electron chi connectivity index (χ4n) is 1.15. The smallest absolute Gasteiger partial charge is 0.0227 e. The van der Waals surface area contributed by atoms with E-state index in [9.17, 15) is 0 Å². The Morgan fingerprint density at radius 2 is 1.60 bits per heavy atom. The molecule has 0 bridgehead atoms. The maximum absolute atomic E-state index is 2.16. The lowest BCUT2D eigenvalue weighted by Crippen LogP contribution is -1.78. The molecule has 0 heteroatoms. The fourth-order valence-corrected chi connectivity index (χ4v) is 1.15. The van der Waals surface area contributed by atoms with E-state index in [-0.39, 0.29) is 0 Å². The molecule has 15 heavy (non-hydrogen) atoms. The maximum atomic E-state index is 2.16. The molecule has 0 fully saturated rings. The molecule has 0 unspecified atom stereocenters. The van der Waals surface area contributed by atoms with Gasteiger partial charge in [-0.1, -0.05) is 61.9 Å². The van der Waals surface area contributed by atoms with Gasteiger partial charge in [-0.25, -0.2) is 0 Å². The lowest BCUT2D eigenvalue weighted by Gasteiger charge is -2.00. The average Bonchev–Trinajstić information content (AvgIpc) is 2.29. The first kappa shape index (κ1) is 13.7. The van der Waals surface area contributed by atoms with Crippen molar-refractivity contribution in [3.05, 3.63) is 53.6 Å². The minimum Gasteiger partial charge on any atom is -0.0877 e. The number of hydrogen-bond donors (Lipinski definition) is 0. The normalized spacial score (nSPS) is 11.1. The largest absolute Gasteiger partial charge is 0.0877 e. The van der Waals surface area contributed by atoms with Crippen molar-refractivity contribution < 1.29 is 0 Å². The Bertz CT molecular complexity index is 312. The Morgan fingerprint density at radius 1 is 1.07 bits per heavy atom. The minimum absolute atomic E-state index is 1.30. The summed E-state index contributed by atoms with van der Waals surface area (Å²) in [5.41, 5.74) is 3.91. The van der Waals surface area contributed by atoms with Crippen LogP contribution in [0.25, 0.3) is 5.57 Å². The first-order chi connectivity index (χ1) is 7.24. The van der Waals surface area contributed by atoms with Crippen molar-refractivity contribution in [3.8, 4) is 0 Å². The van der Waals surface area contributed by atoms with Crippen molar-refractivity contribution in [2.24, 2.45) is 0 Å². The van der Waals surface area contributed by atoms with E-state index in [1.807, 2.05) is 26.8 Å². The molecule has 0 atom stereocenters. The molecule has 0 aliphatic rings. The van der Waals surface area contributed by atoms with Crippen molar-refractivity contribution >= 4 is 5.57 Å². The second-order valence-electron chi connectivity index (χ2n) is 3.24. The highest BCUT2D eigenvalue weighted by atomic mass is 14.0. The lowest BCUT2D eigenvalue weighted by atomic mass is 10.1. The standard InChI is InChI=1S/C13H16.C2H6/c1-4-5-6-12(3)13-9-7-11(2)8-10-13;1-2/h4-10H,1-3H3;1-2H3/b5-4-,12-6+;. The summed E-state index contributed by atoms with van der Waals surface area (Å²) >= 11 is 0. The van der Waals surface area contributed by atoms with Gasteiger partial charge in [0.15, 0.2) is 0 Å². The van der Waals surface area contributed by atoms with Crippen LogP contribution in [0.1, 0.15) is 38.8 Å². The second-order valence-corrected chi connectivity index (χ2v) is 3.24. The van der Waals surface area contributed by atoms with Crippen LogP contribution in [-0.4, -0.2) is 0 Å². The molecule has 0 nitrogen and oxygen atoms in total. The van der Waals surface area contributed by atoms with Crippen LogP contribution in [0, 0.1) is 6.92 Å². The summed E-state index contributed by atoms with van der Waals surface area (Å²) in [4.78, 5) is 0. The van der Waals surface area contributed by atoms with E-state index < -0.39 is 0 Å². The molecule has 0 amide bonds. The van der Waals surface area contributed by atoms with Crippen LogP contribution in [0.3, 0.4) is 0 Å². The van der Waals surface area contributed by atoms with E-state index in [1.165, 1.54) is 16.7 Å². The van der Waals surface area contributed by atoms with Crippen LogP contribution < -0.4 is 0 Å². The van der Waals surface area contributed by atoms with E-state index in [1.54, 1.807) is 0 Å². The van der Waals surface area contributed by atoms with Crippen LogP contribution in [0.5, 0.6) is 0 Å². The zero-order chi connectivity index (χ0) is 11.7. The topological polar surface area (TPSA) is 0 Å². The molecule has 0 saturated heterocycles. The van der Waals surface area contributed by atoms with Crippen LogP contribution in [0.15, 0.2) is 42.5 Å². The van der Waals surface area contributed by atoms with Crippen molar-refractivity contribution in [2.75, 3.05) is 0 Å². The third-order valence-electron chi connectivity index (χ3n) is 2.05. The van der Waals surface area contributed by atoms with E-state index in [4.69, 9.17) is 0 Å². The van der Waals surface area contributed by atoms with Gasteiger partial charge in [0.2, 0.25) is 0 Å². The molecule has 0 radical (unpaired) electrons. The van der Waals surface area contributed by atoms with Gasteiger partial charge in [-0.2, -0.15) is 0 Å². The summed E-state index contributed by atoms with van der Waals surface area (Å²) < 4.78 is 0. The lowest BCUT2D eigenvalue weighted by molar-refractivity contribution is 1.44. The summed E-state index contributed by atoms with van der Waals surface area (Å²) in [7, 11) is 0. The number of allylic oxidation sites excluding steroid dienone is 4. The predicted octanol–water partition coefficient (Wildman–Crippen LogP) is 5.00. The molecule has 0 N–H and O–H groups in total. The van der Waals surface area contributed by atoms with Gasteiger partial charge in [0.1, 0.15) is 0 Å². The monoisotopic (exact) mass is 202 g/mol. The van der Waals surface area contributed by atoms with Gasteiger partial charge in [0.05, 0.1) is 0 Å². The molecular weight excluding hydrogens is 180 g/mol. The second kappa shape index (κ2) is 8.05. The maximum Gasteiger partial charge on any atom is -0.0227 e. The molecular formula is C15H22. The first-order valence-electron chi connectivity index (χ1n) is 5.60. The Labute approximate surface area is 94.3 Å². The van der Waals surface area contributed by atoms with Crippen LogP contribution in [0.2, 0.25) is 0 Å². The number of rotatable bonds is 2. The van der Waals surface area contributed by atoms with E-state index in [2.05, 4.69) is 50.3 Å². The first-order valence-corrected chi connectivity index (χ1v) is 5.60. The van der Waals surface area contributed by atoms with Gasteiger partial charge < -0.3 is 0 Å². The summed E-state index contributed by atoms with van der Waals surface area (Å²) in [5.74, 6) is 0. The summed E-state index contributed by atoms with van der Waals surface area (Å²) in [5, 5.41) is 0. The molecule has 82 valence electrons. The summed E-state index contributed by atoms with van der Waals surface area (Å²) in [6.45, 7) is 10.3. The highest BCUT2D eigenvalue weighted by molar-refractivity contribution is 5.65. The molecule has 0 heterocycles. The molecule has 0 aliphatic heterocycles. The highest BCUT2D eigenvalue weighted by Crippen LogP contribution is 2.13. The molecule has 1 aromatic rings. The summed E-state index contributed by atoms with van der Waals surface area (Å²) in [6, 6.07) is 8.60. The van der Waals surface area contributed by atoms with Gasteiger partial charge in [0.25, 0.3) is 0 Å². The van der Waals surface area contributed by atoms with Gasteiger partial charge in [-0.3, -0.25) is 0 Å². The van der Waals surface area contributed by atoms with Gasteiger partial charge in [-0.15, -0.1) is 0 Å². The quantitative estimate of drug-likeness (QED) is 0.592. The fraction of sp³-hybridized carbons (Fsp3) is 0.333. The zero-order valence-corrected chi connectivity index (χ0v) is 10.5. The molecule has 0 spiro atoms. The third-order valence-corrected chi connectivity index (χ3v) is 2.05. The predicted molar refractivity (Wildman–Crippen MR) is 71.0 cm³/mol. The molecule has 0 aliphatic carbocycles. The van der Waals surface area contributed by atoms with Crippen LogP contribution in [-0.2, 0) is 0 Å². The van der Waals surface area contributed by atoms with Crippen molar-refractivity contribution in [3.63, 3.8) is 0 Å². The average molecular weight is 202 g/mol. The number of hydrogen-bond acceptors (Lipinski definition) is 0. The molecule has 1 aromatic carbocycles. The van der Waals surface area contributed by atoms with E-state index >= 15 is 0 Å². The number of aryl methyl sites for hydroxylation is 1. The minimum atomic E-state index is 1.30. The Balaban J connectivity index is 0.000000921. The highest BCUT2D eigenvalue weighted by Gasteiger charge is 1.92. The van der Waals surface area contributed by atoms with Crippen molar-refractivity contribution in [1.29, 1.82) is 0 Å². The van der Waals surface area contributed by atoms with Gasteiger partial charge >= 0.3 is 0 Å². The molecule has 1 rings (SSSR count). The van der Waals surface area contributed by atoms with E-state index in [0.717, 1.165) is 0 Å². The van der Waals surface area contributed by atoms with Crippen molar-refractivity contribution in [2.45, 2.75) is 34.6 Å². The third kappa shape index (κ3) is 5.21. The van der Waals surface area contributed by atoms with Crippen LogP contribution >= 0.6 is 0 Å². The van der Waals surface area contributed by atoms with Crippen LogP contribution in [0.4, 0.5) is 0 Å². The Hall–Kier alpha value is -1.30.